The summed E-state index contributed by atoms with van der Waals surface area (Å²) in [5.41, 5.74) is 5.19. The first-order valence-electron chi connectivity index (χ1n) is 27.8. The zero-order chi connectivity index (χ0) is 72.5. The number of hydrogen-bond acceptors (Lipinski definition) is 19. The number of nitrogens with one attached hydrogen (secondary N) is 2. The molecule has 0 saturated heterocycles. The molecule has 4 unspecified atom stereocenters. The first-order valence-corrected chi connectivity index (χ1v) is 28.7. The second-order valence-corrected chi connectivity index (χ2v) is 21.7. The monoisotopic (exact) mass is 1550 g/mol. The molecule has 0 radical (unpaired) electrons. The fourth-order valence-electron chi connectivity index (χ4n) is 8.17. The molecule has 2 aliphatic heterocycles. The summed E-state index contributed by atoms with van der Waals surface area (Å²) in [5, 5.41) is 43.9. The first-order chi connectivity index (χ1) is 44.5. The fraction of sp³-hybridized carbons (Fsp3) is 0.436. The van der Waals surface area contributed by atoms with Gasteiger partial charge in [-0.25, -0.2) is 56.9 Å². The van der Waals surface area contributed by atoms with Crippen LogP contribution in [0.25, 0.3) is 11.4 Å². The van der Waals surface area contributed by atoms with Crippen molar-refractivity contribution < 1.29 is 229 Å². The van der Waals surface area contributed by atoms with Crippen molar-refractivity contribution >= 4 is 57.2 Å². The number of halogens is 15. The number of hydrogen-bond donors (Lipinski definition) is 3. The standard InChI is InChI=1S/C19H18F4N6O.C12H12FN3.C8H10F3N3O.C7H8F3N3O2.C4H7BrO.C4H4F3N3.CH2O3.2K.Li.H2O.H/c1-11(28-12(2)25-18(26-28)19(21,22)23)17(30)27-9-3-4-15-16(27)10-24-29(15)14-7-5-13(20)6-8-14;13-9-3-5-10(6-4-9)16-12-2-1-7-14-11(12)8-15-16;1-4(5(2)15)14-6(3)12-7(13-14)8(9,10)11;1-3(5(14)15)13-4(2)11-6(12-13)7(8,9)10;1-3(5)4(2)6;1-2-8-3(10-9-2)4(5,6)7;2-1-4-3;;;;;/h5-8,10-11H,3-4,9H2,1-2H3;3-6,8,14H,1-2,7H2;4H,1-3H3;3H,1-2H3,(H,14,15);3H,1-2H3;1H3,(H,8,9,10);1,3H;;;;1H2;/q;;;;;;;3*+1;;-1/p-2. The van der Waals surface area contributed by atoms with Gasteiger partial charge in [0, 0.05) is 13.1 Å². The molecule has 10 rings (SSSR count). The molecule has 8 aromatic rings. The molecular formula is C55H62BrF14K2LiN18O9. The number of fused-ring (bicyclic) bond motifs is 2. The van der Waals surface area contributed by atoms with Gasteiger partial charge in [0.15, 0.2) is 5.78 Å². The van der Waals surface area contributed by atoms with Gasteiger partial charge in [-0.2, -0.15) is 62.9 Å². The second-order valence-electron chi connectivity index (χ2n) is 20.3. The molecule has 6 aromatic heterocycles. The Hall–Kier alpha value is -5.74. The van der Waals surface area contributed by atoms with Gasteiger partial charge in [0.1, 0.15) is 58.8 Å². The predicted molar refractivity (Wildman–Crippen MR) is 312 cm³/mol. The van der Waals surface area contributed by atoms with Crippen LogP contribution in [0, 0.1) is 39.3 Å². The Labute approximate surface area is 666 Å². The molecule has 0 fully saturated rings. The molecule has 0 spiro atoms. The Bertz CT molecular complexity index is 3830. The SMILES string of the molecule is CC(=O)C(C)Br.CC(=O)C(C)n1nc(C(F)(F)F)nc1C.Cc1nc(C(F)(F)F)n[nH]1.Cc1nc(C(F)(F)F)nn1C(C)C(=O)N1CCCc2c1cnn2-c1ccc(F)cc1.Cc1nc(C(F)(F)F)nn1C(C)C(=O)O.Fc1ccc(-n2ncc3c2CCCN3)cc1.O=CO[O-].[H-].[K+].[K+].[Li+].[OH-]. The van der Waals surface area contributed by atoms with Gasteiger partial charge in [-0.15, -0.1) is 20.4 Å². The first kappa shape index (κ1) is 94.3. The number of benzene rings is 2. The summed E-state index contributed by atoms with van der Waals surface area (Å²) in [6.45, 7) is 15.5. The maximum atomic E-state index is 13.2. The van der Waals surface area contributed by atoms with E-state index >= 15 is 0 Å². The molecule has 8 heterocycles. The van der Waals surface area contributed by atoms with Crippen LogP contribution < -0.4 is 137 Å². The number of aryl methyl sites for hydroxylation is 4. The number of Topliss-reactive ketones (excluding diaryl/α,β-unsaturated/α-hetero) is 2. The van der Waals surface area contributed by atoms with E-state index in [1.54, 1.807) is 35.9 Å². The number of H-pyrrole nitrogens is 1. The number of carbonyl (C=O) groups excluding carboxylic acids is 4. The molecule has 2 aromatic carbocycles. The minimum atomic E-state index is -4.69. The van der Waals surface area contributed by atoms with Crippen molar-refractivity contribution in [1.29, 1.82) is 0 Å². The summed E-state index contributed by atoms with van der Waals surface area (Å²) in [5.74, 6) is -7.14. The molecule has 0 bridgehead atoms. The number of aliphatic carboxylic acids is 1. The molecule has 27 nitrogen and oxygen atoms in total. The molecule has 100 heavy (non-hydrogen) atoms. The van der Waals surface area contributed by atoms with Gasteiger partial charge >= 0.3 is 152 Å². The summed E-state index contributed by atoms with van der Waals surface area (Å²) in [6, 6.07) is 9.35. The van der Waals surface area contributed by atoms with Gasteiger partial charge in [-0.1, -0.05) is 15.9 Å². The summed E-state index contributed by atoms with van der Waals surface area (Å²) in [4.78, 5) is 70.5. The van der Waals surface area contributed by atoms with Gasteiger partial charge in [0.25, 0.3) is 35.7 Å². The van der Waals surface area contributed by atoms with Crippen LogP contribution in [-0.4, -0.2) is 137 Å². The smallest absolute Gasteiger partial charge is 1.00 e. The van der Waals surface area contributed by atoms with Gasteiger partial charge in [0.2, 0.25) is 0 Å². The number of carboxylic acid groups (broad SMARTS) is 1. The van der Waals surface area contributed by atoms with Crippen LogP contribution in [0.15, 0.2) is 60.9 Å². The number of anilines is 2. The van der Waals surface area contributed by atoms with Crippen molar-refractivity contribution in [3.8, 4) is 11.4 Å². The van der Waals surface area contributed by atoms with Crippen molar-refractivity contribution in [3.05, 3.63) is 131 Å². The number of carbonyl (C=O) groups is 5. The molecule has 534 valence electrons. The summed E-state index contributed by atoms with van der Waals surface area (Å²) in [7, 11) is 0. The van der Waals surface area contributed by atoms with Crippen LogP contribution in [-0.2, 0) is 66.4 Å². The topological polar surface area (TPSA) is 352 Å². The Balaban J connectivity index is 0. The van der Waals surface area contributed by atoms with Crippen LogP contribution >= 0.6 is 15.9 Å². The van der Waals surface area contributed by atoms with E-state index in [1.807, 2.05) is 17.8 Å². The van der Waals surface area contributed by atoms with Crippen molar-refractivity contribution in [2.75, 3.05) is 23.3 Å². The van der Waals surface area contributed by atoms with E-state index in [4.69, 9.17) is 15.2 Å². The van der Waals surface area contributed by atoms with Crippen LogP contribution in [0.4, 0.5) is 72.8 Å². The van der Waals surface area contributed by atoms with Crippen LogP contribution in [0.5, 0.6) is 0 Å². The third-order valence-electron chi connectivity index (χ3n) is 13.1. The fourth-order valence-corrected chi connectivity index (χ4v) is 8.17. The average Bonchev–Trinajstić information content (AvgIpc) is 1.68. The third kappa shape index (κ3) is 27.5. The number of amides is 1. The van der Waals surface area contributed by atoms with Crippen molar-refractivity contribution in [1.82, 2.24) is 79.0 Å². The van der Waals surface area contributed by atoms with E-state index in [0.29, 0.717) is 30.8 Å². The summed E-state index contributed by atoms with van der Waals surface area (Å²) < 4.78 is 179. The minimum Gasteiger partial charge on any atom is -1.00 e. The third-order valence-corrected chi connectivity index (χ3v) is 13.8. The molecule has 1 amide bonds. The van der Waals surface area contributed by atoms with E-state index in [-0.39, 0.29) is 186 Å². The quantitative estimate of drug-likeness (QED) is 0.0424. The molecule has 2 aliphatic rings. The Morgan fingerprint density at radius 3 is 1.34 bits per heavy atom. The minimum absolute atomic E-state index is 0. The van der Waals surface area contributed by atoms with Gasteiger partial charge in [-0.3, -0.25) is 24.3 Å². The van der Waals surface area contributed by atoms with Crippen molar-refractivity contribution in [2.24, 2.45) is 0 Å². The predicted octanol–water partition coefficient (Wildman–Crippen LogP) is 0.719. The largest absolute Gasteiger partial charge is 1.00 e. The Morgan fingerprint density at radius 1 is 0.620 bits per heavy atom. The number of ketones is 2. The molecular weight excluding hydrogens is 1490 g/mol. The second kappa shape index (κ2) is 41.5. The zero-order valence-corrected chi connectivity index (χ0v) is 63.3. The van der Waals surface area contributed by atoms with Gasteiger partial charge in [0.05, 0.1) is 51.4 Å². The molecule has 0 saturated carbocycles. The van der Waals surface area contributed by atoms with Gasteiger partial charge < -0.3 is 32.4 Å². The number of alkyl halides is 13. The summed E-state index contributed by atoms with van der Waals surface area (Å²) in [6.07, 6.45) is -11.6. The summed E-state index contributed by atoms with van der Waals surface area (Å²) >= 11 is 3.09. The average molecular weight is 1550 g/mol. The number of nitrogens with zero attached hydrogens (tertiary/aromatic N) is 16. The van der Waals surface area contributed by atoms with E-state index in [1.165, 1.54) is 96.4 Å². The normalized spacial score (nSPS) is 13.3. The maximum absolute atomic E-state index is 13.2. The van der Waals surface area contributed by atoms with Crippen molar-refractivity contribution in [3.63, 3.8) is 0 Å². The van der Waals surface area contributed by atoms with Crippen LogP contribution in [0.2, 0.25) is 0 Å². The van der Waals surface area contributed by atoms with E-state index in [0.717, 1.165) is 50.5 Å². The van der Waals surface area contributed by atoms with E-state index in [9.17, 15) is 80.6 Å². The van der Waals surface area contributed by atoms with Crippen LogP contribution in [0.1, 0.15) is 132 Å². The zero-order valence-electron chi connectivity index (χ0n) is 56.5. The molecule has 45 heteroatoms. The number of aromatic nitrogens is 16. The van der Waals surface area contributed by atoms with E-state index in [2.05, 4.69) is 81.8 Å². The number of carboxylic acids is 1. The number of aromatic amines is 1. The number of rotatable bonds is 10. The van der Waals surface area contributed by atoms with Crippen LogP contribution in [0.3, 0.4) is 0 Å². The Morgan fingerprint density at radius 2 is 1.00 bits per heavy atom. The van der Waals surface area contributed by atoms with Crippen molar-refractivity contribution in [2.45, 2.75) is 143 Å². The molecule has 4 atom stereocenters. The maximum Gasteiger partial charge on any atom is 1.00 e. The molecule has 4 N–H and O–H groups in total. The van der Waals surface area contributed by atoms with Gasteiger partial charge in [-0.05, 0) is 143 Å². The van der Waals surface area contributed by atoms with E-state index < -0.39 is 78.0 Å². The Kier molecular flexibility index (Phi) is 39.1. The molecule has 0 aliphatic carbocycles.